The van der Waals surface area contributed by atoms with E-state index >= 15 is 0 Å². The lowest BCUT2D eigenvalue weighted by atomic mass is 10.1. The minimum Gasteiger partial charge on any atom is -0.493 e. The number of halogens is 3. The first kappa shape index (κ1) is 24.1. The summed E-state index contributed by atoms with van der Waals surface area (Å²) in [6, 6.07) is 8.71. The summed E-state index contributed by atoms with van der Waals surface area (Å²) in [7, 11) is 3.64. The number of hydrogen-bond donors (Lipinski definition) is 1. The van der Waals surface area contributed by atoms with E-state index in [4.69, 9.17) is 44.9 Å². The van der Waals surface area contributed by atoms with E-state index in [0.29, 0.717) is 26.7 Å². The Kier molecular flexibility index (Phi) is 8.41. The second kappa shape index (κ2) is 10.8. The van der Waals surface area contributed by atoms with Crippen LogP contribution >= 0.6 is 51.3 Å². The van der Waals surface area contributed by atoms with Crippen LogP contribution in [0.3, 0.4) is 0 Å². The van der Waals surface area contributed by atoms with Gasteiger partial charge in [-0.3, -0.25) is 4.79 Å². The maximum atomic E-state index is 12.3. The quantitative estimate of drug-likeness (QED) is 0.530. The highest BCUT2D eigenvalue weighted by Gasteiger charge is 2.21. The zero-order valence-corrected chi connectivity index (χ0v) is 21.0. The van der Waals surface area contributed by atoms with Crippen molar-refractivity contribution in [2.45, 2.75) is 0 Å². The molecule has 31 heavy (non-hydrogen) atoms. The SMILES string of the molecule is COc1cc(C(=S)N2CCN(C)CC2)cc(Br)c1OCC(=O)Nc1cccc(Cl)c1Cl. The predicted molar refractivity (Wildman–Crippen MR) is 132 cm³/mol. The summed E-state index contributed by atoms with van der Waals surface area (Å²) in [4.78, 5) is 17.6. The van der Waals surface area contributed by atoms with Gasteiger partial charge in [0.2, 0.25) is 0 Å². The number of hydrogen-bond acceptors (Lipinski definition) is 5. The number of carbonyl (C=O) groups excluding carboxylic acids is 1. The Balaban J connectivity index is 1.69. The molecule has 1 saturated heterocycles. The summed E-state index contributed by atoms with van der Waals surface area (Å²) in [5, 5.41) is 3.32. The molecule has 2 aromatic carbocycles. The highest BCUT2D eigenvalue weighted by molar-refractivity contribution is 9.10. The molecule has 166 valence electrons. The maximum Gasteiger partial charge on any atom is 0.262 e. The van der Waals surface area contributed by atoms with E-state index in [2.05, 4.69) is 38.1 Å². The molecule has 1 aliphatic rings. The van der Waals surface area contributed by atoms with Crippen LogP contribution in [0.15, 0.2) is 34.8 Å². The first-order valence-electron chi connectivity index (χ1n) is 9.52. The molecule has 0 bridgehead atoms. The molecule has 0 atom stereocenters. The van der Waals surface area contributed by atoms with Crippen molar-refractivity contribution in [1.82, 2.24) is 9.80 Å². The van der Waals surface area contributed by atoms with Gasteiger partial charge in [-0.15, -0.1) is 0 Å². The number of amides is 1. The molecule has 1 N–H and O–H groups in total. The molecule has 0 saturated carbocycles. The molecule has 0 unspecified atom stereocenters. The van der Waals surface area contributed by atoms with Crippen molar-refractivity contribution in [3.05, 3.63) is 50.4 Å². The number of carbonyl (C=O) groups is 1. The average molecular weight is 547 g/mol. The molecule has 3 rings (SSSR count). The third-order valence-corrected chi connectivity index (χ3v) is 6.74. The summed E-state index contributed by atoms with van der Waals surface area (Å²) in [6.07, 6.45) is 0. The van der Waals surface area contributed by atoms with Crippen molar-refractivity contribution in [1.29, 1.82) is 0 Å². The molecule has 10 heteroatoms. The van der Waals surface area contributed by atoms with E-state index in [0.717, 1.165) is 36.7 Å². The minimum absolute atomic E-state index is 0.236. The molecule has 6 nitrogen and oxygen atoms in total. The number of rotatable bonds is 6. The minimum atomic E-state index is -0.379. The van der Waals surface area contributed by atoms with Gasteiger partial charge in [-0.25, -0.2) is 0 Å². The summed E-state index contributed by atoms with van der Waals surface area (Å²) in [6.45, 7) is 3.44. The molecule has 0 aliphatic carbocycles. The van der Waals surface area contributed by atoms with Crippen LogP contribution in [0.25, 0.3) is 0 Å². The molecule has 0 aromatic heterocycles. The molecule has 1 fully saturated rings. The normalized spacial score (nSPS) is 14.3. The highest BCUT2D eigenvalue weighted by Crippen LogP contribution is 2.37. The van der Waals surface area contributed by atoms with E-state index in [1.165, 1.54) is 0 Å². The fourth-order valence-corrected chi connectivity index (χ4v) is 4.30. The number of nitrogens with one attached hydrogen (secondary N) is 1. The van der Waals surface area contributed by atoms with Crippen LogP contribution in [-0.4, -0.2) is 67.6 Å². The molecular weight excluding hydrogens is 525 g/mol. The molecule has 1 aliphatic heterocycles. The maximum absolute atomic E-state index is 12.3. The second-order valence-electron chi connectivity index (χ2n) is 7.02. The predicted octanol–water partition coefficient (Wildman–Crippen LogP) is 4.70. The summed E-state index contributed by atoms with van der Waals surface area (Å²) in [5.41, 5.74) is 1.27. The standard InChI is InChI=1S/C21H22BrCl2N3O3S/c1-26-6-8-27(9-7-26)21(31)13-10-14(22)20(17(11-13)29-2)30-12-18(28)25-16-5-3-4-15(23)19(16)24/h3-5,10-11H,6-9,12H2,1-2H3,(H,25,28). The number of nitrogens with zero attached hydrogens (tertiary/aromatic N) is 2. The van der Waals surface area contributed by atoms with Crippen molar-refractivity contribution in [2.24, 2.45) is 0 Å². The summed E-state index contributed by atoms with van der Waals surface area (Å²) < 4.78 is 11.9. The van der Waals surface area contributed by atoms with Crippen molar-refractivity contribution in [3.63, 3.8) is 0 Å². The number of thiocarbonyl (C=S) groups is 1. The third-order valence-electron chi connectivity index (χ3n) is 4.84. The van der Waals surface area contributed by atoms with Crippen molar-refractivity contribution in [2.75, 3.05) is 52.3 Å². The highest BCUT2D eigenvalue weighted by atomic mass is 79.9. The van der Waals surface area contributed by atoms with Crippen LogP contribution in [-0.2, 0) is 4.79 Å². The van der Waals surface area contributed by atoms with Gasteiger partial charge in [-0.2, -0.15) is 0 Å². The Hall–Kier alpha value is -1.58. The molecular formula is C21H22BrCl2N3O3S. The van der Waals surface area contributed by atoms with Crippen LogP contribution in [0, 0.1) is 0 Å². The Morgan fingerprint density at radius 2 is 1.94 bits per heavy atom. The van der Waals surface area contributed by atoms with Crippen LogP contribution < -0.4 is 14.8 Å². The lowest BCUT2D eigenvalue weighted by Crippen LogP contribution is -2.46. The fraction of sp³-hybridized carbons (Fsp3) is 0.333. The number of ether oxygens (including phenoxy) is 2. The first-order chi connectivity index (χ1) is 14.8. The van der Waals surface area contributed by atoms with Gasteiger partial charge in [0.1, 0.15) is 4.99 Å². The zero-order chi connectivity index (χ0) is 22.5. The van der Waals surface area contributed by atoms with Gasteiger partial charge in [0.15, 0.2) is 18.1 Å². The van der Waals surface area contributed by atoms with E-state index in [9.17, 15) is 4.79 Å². The van der Waals surface area contributed by atoms with Gasteiger partial charge < -0.3 is 24.6 Å². The average Bonchev–Trinajstić information content (AvgIpc) is 2.75. The number of likely N-dealkylation sites (N-methyl/N-ethyl adjacent to an activating group) is 1. The monoisotopic (exact) mass is 545 g/mol. The van der Waals surface area contributed by atoms with Gasteiger partial charge in [0.25, 0.3) is 5.91 Å². The third kappa shape index (κ3) is 6.02. The van der Waals surface area contributed by atoms with E-state index < -0.39 is 0 Å². The van der Waals surface area contributed by atoms with Crippen molar-refractivity contribution in [3.8, 4) is 11.5 Å². The molecule has 0 radical (unpaired) electrons. The lowest BCUT2D eigenvalue weighted by molar-refractivity contribution is -0.118. The van der Waals surface area contributed by atoms with Gasteiger partial charge in [-0.1, -0.05) is 41.5 Å². The van der Waals surface area contributed by atoms with Crippen LogP contribution in [0.5, 0.6) is 11.5 Å². The van der Waals surface area contributed by atoms with Crippen molar-refractivity contribution >= 4 is 67.9 Å². The van der Waals surface area contributed by atoms with E-state index in [-0.39, 0.29) is 17.5 Å². The van der Waals surface area contributed by atoms with Crippen LogP contribution in [0.2, 0.25) is 10.0 Å². The zero-order valence-electron chi connectivity index (χ0n) is 17.1. The number of anilines is 1. The van der Waals surface area contributed by atoms with Crippen LogP contribution in [0.4, 0.5) is 5.69 Å². The molecule has 0 spiro atoms. The second-order valence-corrected chi connectivity index (χ2v) is 9.05. The van der Waals surface area contributed by atoms with Gasteiger partial charge in [0.05, 0.1) is 27.3 Å². The fourth-order valence-electron chi connectivity index (χ4n) is 3.10. The molecule has 2 aromatic rings. The number of benzene rings is 2. The number of piperazine rings is 1. The smallest absolute Gasteiger partial charge is 0.262 e. The molecule has 1 amide bonds. The van der Waals surface area contributed by atoms with Gasteiger partial charge in [-0.05, 0) is 47.2 Å². The van der Waals surface area contributed by atoms with Gasteiger partial charge >= 0.3 is 0 Å². The van der Waals surface area contributed by atoms with Gasteiger partial charge in [0, 0.05) is 31.7 Å². The molecule has 1 heterocycles. The summed E-state index contributed by atoms with van der Waals surface area (Å²) >= 11 is 21.3. The first-order valence-corrected chi connectivity index (χ1v) is 11.5. The Labute approximate surface area is 205 Å². The van der Waals surface area contributed by atoms with Crippen molar-refractivity contribution < 1.29 is 14.3 Å². The Morgan fingerprint density at radius 1 is 1.23 bits per heavy atom. The summed E-state index contributed by atoms with van der Waals surface area (Å²) in [5.74, 6) is 0.518. The number of methoxy groups -OCH3 is 1. The van der Waals surface area contributed by atoms with E-state index in [1.54, 1.807) is 25.3 Å². The Bertz CT molecular complexity index is 985. The lowest BCUT2D eigenvalue weighted by Gasteiger charge is -2.34. The topological polar surface area (TPSA) is 54.0 Å². The van der Waals surface area contributed by atoms with E-state index in [1.807, 2.05) is 12.1 Å². The Morgan fingerprint density at radius 3 is 2.61 bits per heavy atom. The largest absolute Gasteiger partial charge is 0.493 e. The van der Waals surface area contributed by atoms with Crippen LogP contribution in [0.1, 0.15) is 5.56 Å².